The molecule has 264 valence electrons. The Balaban J connectivity index is 1.30. The Morgan fingerprint density at radius 2 is 1.72 bits per heavy atom. The SMILES string of the molecule is C=CCCC/C=C\C=C(/CC)C1=CCC(c2cc(/C(C)=C/C=C\C(C)=C3/C=CC=CC3=N)cc(-c3ccc(-c4cccc5cccnc45)cc3)n2)C=C1. The van der Waals surface area contributed by atoms with Gasteiger partial charge in [-0.1, -0.05) is 134 Å². The maximum absolute atomic E-state index is 8.29. The van der Waals surface area contributed by atoms with Gasteiger partial charge in [0.05, 0.1) is 16.9 Å². The van der Waals surface area contributed by atoms with Gasteiger partial charge in [0.15, 0.2) is 0 Å². The van der Waals surface area contributed by atoms with Gasteiger partial charge < -0.3 is 5.41 Å². The molecule has 0 saturated heterocycles. The number of benzene rings is 2. The summed E-state index contributed by atoms with van der Waals surface area (Å²) >= 11 is 0. The number of nitrogens with zero attached hydrogens (tertiary/aromatic N) is 2. The van der Waals surface area contributed by atoms with Gasteiger partial charge in [0, 0.05) is 39.9 Å². The van der Waals surface area contributed by atoms with Crippen LogP contribution in [0.3, 0.4) is 0 Å². The highest BCUT2D eigenvalue weighted by atomic mass is 14.7. The summed E-state index contributed by atoms with van der Waals surface area (Å²) in [7, 11) is 0. The summed E-state index contributed by atoms with van der Waals surface area (Å²) in [6.07, 6.45) is 36.8. The summed E-state index contributed by atoms with van der Waals surface area (Å²) in [4.78, 5) is 9.98. The Bertz CT molecular complexity index is 2260. The molecule has 3 heteroatoms. The van der Waals surface area contributed by atoms with E-state index in [0.717, 1.165) is 93.4 Å². The Kier molecular flexibility index (Phi) is 12.5. The minimum absolute atomic E-state index is 0.179. The number of unbranched alkanes of at least 4 members (excludes halogenated alkanes) is 2. The van der Waals surface area contributed by atoms with Crippen molar-refractivity contribution in [3.05, 3.63) is 198 Å². The lowest BCUT2D eigenvalue weighted by molar-refractivity contribution is 0.809. The predicted octanol–water partition coefficient (Wildman–Crippen LogP) is 13.6. The van der Waals surface area contributed by atoms with E-state index in [1.807, 2.05) is 42.6 Å². The number of rotatable bonds is 13. The molecule has 2 heterocycles. The van der Waals surface area contributed by atoms with Gasteiger partial charge in [0.25, 0.3) is 0 Å². The van der Waals surface area contributed by atoms with Gasteiger partial charge in [-0.15, -0.1) is 6.58 Å². The summed E-state index contributed by atoms with van der Waals surface area (Å²) in [6, 6.07) is 23.6. The fourth-order valence-electron chi connectivity index (χ4n) is 6.78. The van der Waals surface area contributed by atoms with Gasteiger partial charge in [0.2, 0.25) is 0 Å². The van der Waals surface area contributed by atoms with E-state index >= 15 is 0 Å². The number of fused-ring (bicyclic) bond motifs is 1. The van der Waals surface area contributed by atoms with Crippen LogP contribution in [0.5, 0.6) is 0 Å². The molecule has 0 radical (unpaired) electrons. The molecule has 0 fully saturated rings. The topological polar surface area (TPSA) is 49.6 Å². The van der Waals surface area contributed by atoms with Crippen molar-refractivity contribution in [3.63, 3.8) is 0 Å². The van der Waals surface area contributed by atoms with Gasteiger partial charge in [-0.3, -0.25) is 9.97 Å². The van der Waals surface area contributed by atoms with E-state index < -0.39 is 0 Å². The molecule has 2 aromatic heterocycles. The lowest BCUT2D eigenvalue weighted by Crippen LogP contribution is -2.04. The fourth-order valence-corrected chi connectivity index (χ4v) is 6.78. The van der Waals surface area contributed by atoms with Crippen molar-refractivity contribution in [2.45, 2.75) is 58.8 Å². The van der Waals surface area contributed by atoms with E-state index in [2.05, 4.69) is 148 Å². The van der Waals surface area contributed by atoms with Crippen molar-refractivity contribution >= 4 is 22.2 Å². The highest BCUT2D eigenvalue weighted by Crippen LogP contribution is 2.34. The molecule has 1 N–H and O–H groups in total. The first-order valence-corrected chi connectivity index (χ1v) is 18.8. The predicted molar refractivity (Wildman–Crippen MR) is 228 cm³/mol. The number of hydrogen-bond donors (Lipinski definition) is 1. The normalized spacial score (nSPS) is 17.3. The maximum Gasteiger partial charge on any atom is 0.0780 e. The first-order chi connectivity index (χ1) is 25.9. The zero-order valence-corrected chi connectivity index (χ0v) is 31.2. The lowest BCUT2D eigenvalue weighted by Gasteiger charge is -2.19. The fraction of sp³-hybridized carbons (Fsp3) is 0.180. The molecular weight excluding hydrogens is 643 g/mol. The Hall–Kier alpha value is -5.93. The largest absolute Gasteiger partial charge is 0.300 e. The molecule has 53 heavy (non-hydrogen) atoms. The van der Waals surface area contributed by atoms with Crippen molar-refractivity contribution in [1.29, 1.82) is 5.41 Å². The molecule has 2 aromatic carbocycles. The monoisotopic (exact) mass is 691 g/mol. The zero-order chi connectivity index (χ0) is 37.0. The number of aromatic nitrogens is 2. The molecule has 4 aromatic rings. The van der Waals surface area contributed by atoms with Crippen molar-refractivity contribution in [2.24, 2.45) is 0 Å². The molecule has 0 amide bonds. The van der Waals surface area contributed by atoms with Gasteiger partial charge in [-0.2, -0.15) is 0 Å². The van der Waals surface area contributed by atoms with Crippen molar-refractivity contribution in [1.82, 2.24) is 9.97 Å². The van der Waals surface area contributed by atoms with E-state index in [4.69, 9.17) is 10.4 Å². The third kappa shape index (κ3) is 9.30. The van der Waals surface area contributed by atoms with E-state index in [9.17, 15) is 0 Å². The van der Waals surface area contributed by atoms with E-state index in [0.29, 0.717) is 5.71 Å². The average molecular weight is 692 g/mol. The Labute approximate surface area is 315 Å². The minimum atomic E-state index is 0.179. The van der Waals surface area contributed by atoms with Gasteiger partial charge >= 0.3 is 0 Å². The number of hydrogen-bond acceptors (Lipinski definition) is 3. The maximum atomic E-state index is 8.29. The number of nitrogens with one attached hydrogen (secondary N) is 1. The van der Waals surface area contributed by atoms with Crippen LogP contribution in [0.1, 0.15) is 70.1 Å². The van der Waals surface area contributed by atoms with E-state index in [1.165, 1.54) is 11.1 Å². The van der Waals surface area contributed by atoms with Crippen LogP contribution in [0.4, 0.5) is 0 Å². The molecule has 0 bridgehead atoms. The molecule has 0 spiro atoms. The van der Waals surface area contributed by atoms with Gasteiger partial charge in [-0.05, 0) is 104 Å². The van der Waals surface area contributed by atoms with Gasteiger partial charge in [-0.25, -0.2) is 0 Å². The van der Waals surface area contributed by atoms with Crippen LogP contribution in [-0.2, 0) is 0 Å². The van der Waals surface area contributed by atoms with Crippen LogP contribution in [0.25, 0.3) is 38.9 Å². The molecule has 0 saturated carbocycles. The van der Waals surface area contributed by atoms with Crippen LogP contribution in [-0.4, -0.2) is 15.7 Å². The second kappa shape index (κ2) is 18.0. The quantitative estimate of drug-likeness (QED) is 0.0862. The molecule has 1 unspecified atom stereocenters. The van der Waals surface area contributed by atoms with Crippen LogP contribution in [0.15, 0.2) is 187 Å². The third-order valence-electron chi connectivity index (χ3n) is 9.91. The van der Waals surface area contributed by atoms with Crippen molar-refractivity contribution < 1.29 is 0 Å². The second-order valence-electron chi connectivity index (χ2n) is 13.6. The first kappa shape index (κ1) is 36.8. The van der Waals surface area contributed by atoms with Gasteiger partial charge in [0.1, 0.15) is 0 Å². The summed E-state index contributed by atoms with van der Waals surface area (Å²) in [5, 5.41) is 9.42. The molecule has 0 aliphatic heterocycles. The van der Waals surface area contributed by atoms with Crippen molar-refractivity contribution in [3.8, 4) is 22.4 Å². The highest BCUT2D eigenvalue weighted by Gasteiger charge is 2.17. The lowest BCUT2D eigenvalue weighted by atomic mass is 9.88. The number of pyridine rings is 2. The summed E-state index contributed by atoms with van der Waals surface area (Å²) in [5.41, 5.74) is 13.9. The zero-order valence-electron chi connectivity index (χ0n) is 31.2. The third-order valence-corrected chi connectivity index (χ3v) is 9.91. The van der Waals surface area contributed by atoms with Crippen LogP contribution >= 0.6 is 0 Å². The first-order valence-electron chi connectivity index (χ1n) is 18.8. The molecule has 6 rings (SSSR count). The molecule has 2 aliphatic carbocycles. The smallest absolute Gasteiger partial charge is 0.0780 e. The summed E-state index contributed by atoms with van der Waals surface area (Å²) in [5.74, 6) is 0.179. The summed E-state index contributed by atoms with van der Waals surface area (Å²) in [6.45, 7) is 10.3. The molecule has 3 nitrogen and oxygen atoms in total. The van der Waals surface area contributed by atoms with Crippen LogP contribution in [0.2, 0.25) is 0 Å². The Morgan fingerprint density at radius 1 is 0.906 bits per heavy atom. The Morgan fingerprint density at radius 3 is 2.49 bits per heavy atom. The van der Waals surface area contributed by atoms with E-state index in [-0.39, 0.29) is 5.92 Å². The molecular formula is C50H49N3. The van der Waals surface area contributed by atoms with Crippen LogP contribution < -0.4 is 0 Å². The van der Waals surface area contributed by atoms with Crippen LogP contribution in [0, 0.1) is 5.41 Å². The standard InChI is InChI=1S/C50H49N3/c1-5-7-8-9-10-11-19-38(6-2)39-25-29-41(30-26-39)48-34-44(36(3)17-14-18-37(4)45-22-12-13-24-47(45)51)35-49(53-48)42-31-27-40(28-32-42)46-23-15-20-43-21-16-33-52-50(43)46/h5,10-29,31-35,41,51H,1,6-9,30H2,2-4H3/b11-10-,18-14-,36-17+,38-19+,45-37+,51-47?. The minimum Gasteiger partial charge on any atom is -0.300 e. The van der Waals surface area contributed by atoms with Crippen molar-refractivity contribution in [2.75, 3.05) is 0 Å². The molecule has 2 aliphatic rings. The average Bonchev–Trinajstić information content (AvgIpc) is 3.20. The number of para-hydroxylation sites is 1. The van der Waals surface area contributed by atoms with E-state index in [1.54, 1.807) is 0 Å². The number of allylic oxidation sites excluding steroid dienone is 19. The molecule has 1 atom stereocenters. The highest BCUT2D eigenvalue weighted by molar-refractivity contribution is 6.10. The second-order valence-corrected chi connectivity index (χ2v) is 13.6. The summed E-state index contributed by atoms with van der Waals surface area (Å²) < 4.78 is 0.